The van der Waals surface area contributed by atoms with Crippen LogP contribution in [0.2, 0.25) is 0 Å². The van der Waals surface area contributed by atoms with Crippen molar-refractivity contribution in [1.29, 1.82) is 0 Å². The lowest BCUT2D eigenvalue weighted by atomic mass is 10.2. The summed E-state index contributed by atoms with van der Waals surface area (Å²) in [5, 5.41) is 2.52. The molecule has 2 rings (SSSR count). The van der Waals surface area contributed by atoms with Gasteiger partial charge in [0.2, 0.25) is 6.17 Å². The third-order valence-corrected chi connectivity index (χ3v) is 3.67. The largest absolute Gasteiger partial charge is 0.450 e. The van der Waals surface area contributed by atoms with Crippen molar-refractivity contribution in [3.05, 3.63) is 35.9 Å². The summed E-state index contributed by atoms with van der Waals surface area (Å²) >= 11 is 0. The number of esters is 1. The molecule has 24 heavy (non-hydrogen) atoms. The molecule has 1 N–H and O–H groups in total. The fourth-order valence-electron chi connectivity index (χ4n) is 2.26. The van der Waals surface area contributed by atoms with Crippen molar-refractivity contribution in [2.45, 2.75) is 45.6 Å². The molecule has 2 atom stereocenters. The van der Waals surface area contributed by atoms with Gasteiger partial charge in [0, 0.05) is 6.54 Å². The van der Waals surface area contributed by atoms with Crippen LogP contribution in [0.15, 0.2) is 30.3 Å². The van der Waals surface area contributed by atoms with Gasteiger partial charge in [-0.15, -0.1) is 0 Å². The second-order valence-electron chi connectivity index (χ2n) is 5.58. The molecule has 2 amide bonds. The van der Waals surface area contributed by atoms with Gasteiger partial charge in [0.25, 0.3) is 5.91 Å². The topological polar surface area (TPSA) is 84.9 Å². The Morgan fingerprint density at radius 2 is 2.00 bits per heavy atom. The number of carbonyl (C=O) groups is 3. The molecule has 0 bridgehead atoms. The normalized spacial score (nSPS) is 20.1. The summed E-state index contributed by atoms with van der Waals surface area (Å²) in [4.78, 5) is 37.4. The second-order valence-corrected chi connectivity index (χ2v) is 5.58. The van der Waals surface area contributed by atoms with Gasteiger partial charge < -0.3 is 14.8 Å². The summed E-state index contributed by atoms with van der Waals surface area (Å²) in [5.41, 5.74) is 0.838. The summed E-state index contributed by atoms with van der Waals surface area (Å²) < 4.78 is 10.3. The number of rotatable bonds is 6. The maximum atomic E-state index is 12.4. The van der Waals surface area contributed by atoms with E-state index in [1.54, 1.807) is 0 Å². The maximum absolute atomic E-state index is 12.4. The molecule has 2 unspecified atom stereocenters. The quantitative estimate of drug-likeness (QED) is 0.802. The zero-order valence-corrected chi connectivity index (χ0v) is 13.9. The van der Waals surface area contributed by atoms with E-state index in [2.05, 4.69) is 5.32 Å². The maximum Gasteiger partial charge on any atom is 0.412 e. The molecule has 7 heteroatoms. The van der Waals surface area contributed by atoms with Crippen molar-refractivity contribution in [2.75, 3.05) is 6.54 Å². The van der Waals surface area contributed by atoms with Gasteiger partial charge in [-0.05, 0) is 18.9 Å². The average molecular weight is 334 g/mol. The first-order chi connectivity index (χ1) is 11.5. The lowest BCUT2D eigenvalue weighted by Crippen LogP contribution is -2.62. The monoisotopic (exact) mass is 334 g/mol. The Morgan fingerprint density at radius 1 is 1.29 bits per heavy atom. The highest BCUT2D eigenvalue weighted by molar-refractivity contribution is 5.93. The number of cyclic esters (lactones) is 1. The Labute approximate surface area is 140 Å². The van der Waals surface area contributed by atoms with Gasteiger partial charge in [0.1, 0.15) is 6.61 Å². The van der Waals surface area contributed by atoms with Crippen LogP contribution in [-0.4, -0.2) is 41.7 Å². The highest BCUT2D eigenvalue weighted by atomic mass is 16.6. The van der Waals surface area contributed by atoms with Crippen LogP contribution < -0.4 is 5.32 Å². The van der Waals surface area contributed by atoms with Crippen LogP contribution in [0.25, 0.3) is 0 Å². The minimum Gasteiger partial charge on any atom is -0.450 e. The third kappa shape index (κ3) is 4.47. The fourth-order valence-corrected chi connectivity index (χ4v) is 2.26. The molecular weight excluding hydrogens is 312 g/mol. The first-order valence-electron chi connectivity index (χ1n) is 8.01. The molecule has 1 aromatic carbocycles. The van der Waals surface area contributed by atoms with Crippen LogP contribution in [0, 0.1) is 0 Å². The highest BCUT2D eigenvalue weighted by Gasteiger charge is 2.39. The Bertz CT molecular complexity index is 590. The van der Waals surface area contributed by atoms with Crippen LogP contribution in [0.5, 0.6) is 0 Å². The fraction of sp³-hybridized carbons (Fsp3) is 0.471. The van der Waals surface area contributed by atoms with Gasteiger partial charge >= 0.3 is 12.1 Å². The molecular formula is C17H22N2O5. The number of carbonyl (C=O) groups excluding carboxylic acids is 3. The molecule has 7 nitrogen and oxygen atoms in total. The standard InChI is InChI=1S/C17H22N2O5/c1-3-4-10-19(14-16(21)24-12(2)15(20)18-14)17(22)23-11-13-8-6-5-7-9-13/h5-9,12,14H,3-4,10-11H2,1-2H3,(H,18,20). The summed E-state index contributed by atoms with van der Waals surface area (Å²) in [7, 11) is 0. The summed E-state index contributed by atoms with van der Waals surface area (Å²) in [6.07, 6.45) is -1.17. The summed E-state index contributed by atoms with van der Waals surface area (Å²) in [6, 6.07) is 9.23. The van der Waals surface area contributed by atoms with E-state index < -0.39 is 30.2 Å². The van der Waals surface area contributed by atoms with Gasteiger partial charge in [0.15, 0.2) is 6.10 Å². The van der Waals surface area contributed by atoms with Crippen molar-refractivity contribution < 1.29 is 23.9 Å². The van der Waals surface area contributed by atoms with Crippen LogP contribution in [0.3, 0.4) is 0 Å². The molecule has 0 aliphatic carbocycles. The van der Waals surface area contributed by atoms with Crippen molar-refractivity contribution in [1.82, 2.24) is 10.2 Å². The van der Waals surface area contributed by atoms with E-state index in [0.717, 1.165) is 12.0 Å². The first kappa shape index (κ1) is 17.8. The smallest absolute Gasteiger partial charge is 0.412 e. The van der Waals surface area contributed by atoms with E-state index in [0.29, 0.717) is 13.0 Å². The lowest BCUT2D eigenvalue weighted by molar-refractivity contribution is -0.169. The van der Waals surface area contributed by atoms with E-state index >= 15 is 0 Å². The molecule has 130 valence electrons. The molecule has 1 saturated heterocycles. The molecule has 0 aromatic heterocycles. The number of hydrogen-bond donors (Lipinski definition) is 1. The van der Waals surface area contributed by atoms with E-state index in [1.807, 2.05) is 37.3 Å². The minimum atomic E-state index is -1.15. The lowest BCUT2D eigenvalue weighted by Gasteiger charge is -2.34. The van der Waals surface area contributed by atoms with Crippen LogP contribution in [-0.2, 0) is 25.7 Å². The first-order valence-corrected chi connectivity index (χ1v) is 8.01. The summed E-state index contributed by atoms with van der Waals surface area (Å²) in [5.74, 6) is -1.09. The van der Waals surface area contributed by atoms with Gasteiger partial charge in [-0.25, -0.2) is 9.59 Å². The van der Waals surface area contributed by atoms with Gasteiger partial charge in [-0.3, -0.25) is 9.69 Å². The summed E-state index contributed by atoms with van der Waals surface area (Å²) in [6.45, 7) is 3.83. The van der Waals surface area contributed by atoms with Crippen LogP contribution >= 0.6 is 0 Å². The van der Waals surface area contributed by atoms with E-state index in [9.17, 15) is 14.4 Å². The zero-order chi connectivity index (χ0) is 17.5. The number of benzene rings is 1. The third-order valence-electron chi connectivity index (χ3n) is 3.67. The Hall–Kier alpha value is -2.57. The Balaban J connectivity index is 2.04. The molecule has 0 saturated carbocycles. The number of morpholine rings is 1. The molecule has 0 radical (unpaired) electrons. The SMILES string of the molecule is CCCCN(C(=O)OCc1ccccc1)C1NC(=O)C(C)OC1=O. The van der Waals surface area contributed by atoms with Crippen LogP contribution in [0.4, 0.5) is 4.79 Å². The van der Waals surface area contributed by atoms with Gasteiger partial charge in [-0.1, -0.05) is 43.7 Å². The number of hydrogen-bond acceptors (Lipinski definition) is 5. The van der Waals surface area contributed by atoms with Crippen molar-refractivity contribution in [2.24, 2.45) is 0 Å². The number of ether oxygens (including phenoxy) is 2. The van der Waals surface area contributed by atoms with Crippen LogP contribution in [0.1, 0.15) is 32.3 Å². The highest BCUT2D eigenvalue weighted by Crippen LogP contribution is 2.12. The average Bonchev–Trinajstić information content (AvgIpc) is 2.58. The van der Waals surface area contributed by atoms with Crippen molar-refractivity contribution in [3.8, 4) is 0 Å². The number of nitrogens with one attached hydrogen (secondary N) is 1. The molecule has 1 aliphatic heterocycles. The predicted octanol–water partition coefficient (Wildman–Crippen LogP) is 1.81. The molecule has 1 fully saturated rings. The number of unbranched alkanes of at least 4 members (excludes halogenated alkanes) is 1. The van der Waals surface area contributed by atoms with Crippen molar-refractivity contribution >= 4 is 18.0 Å². The molecule has 1 aromatic rings. The second kappa shape index (κ2) is 8.33. The zero-order valence-electron chi connectivity index (χ0n) is 13.9. The number of nitrogens with zero attached hydrogens (tertiary/aromatic N) is 1. The van der Waals surface area contributed by atoms with E-state index in [-0.39, 0.29) is 6.61 Å². The minimum absolute atomic E-state index is 0.0917. The van der Waals surface area contributed by atoms with Crippen molar-refractivity contribution in [3.63, 3.8) is 0 Å². The number of amides is 2. The molecule has 1 aliphatic rings. The molecule has 1 heterocycles. The van der Waals surface area contributed by atoms with E-state index in [1.165, 1.54) is 11.8 Å². The Kier molecular flexibility index (Phi) is 6.17. The molecule has 0 spiro atoms. The van der Waals surface area contributed by atoms with Gasteiger partial charge in [-0.2, -0.15) is 0 Å². The van der Waals surface area contributed by atoms with Gasteiger partial charge in [0.05, 0.1) is 0 Å². The predicted molar refractivity (Wildman–Crippen MR) is 85.7 cm³/mol. The van der Waals surface area contributed by atoms with E-state index in [4.69, 9.17) is 9.47 Å². The Morgan fingerprint density at radius 3 is 2.67 bits per heavy atom.